The van der Waals surface area contributed by atoms with Crippen LogP contribution in [0.2, 0.25) is 0 Å². The zero-order valence-corrected chi connectivity index (χ0v) is 14.6. The summed E-state index contributed by atoms with van der Waals surface area (Å²) in [6.07, 6.45) is 4.05. The highest BCUT2D eigenvalue weighted by atomic mass is 79.9. The Balaban J connectivity index is 1.77. The van der Waals surface area contributed by atoms with Crippen molar-refractivity contribution < 1.29 is 9.53 Å². The van der Waals surface area contributed by atoms with Gasteiger partial charge in [-0.3, -0.25) is 0 Å². The van der Waals surface area contributed by atoms with Crippen molar-refractivity contribution >= 4 is 33.1 Å². The smallest absolute Gasteiger partial charge is 0.407 e. The van der Waals surface area contributed by atoms with E-state index in [9.17, 15) is 4.79 Å². The molecule has 5 nitrogen and oxygen atoms in total. The van der Waals surface area contributed by atoms with Crippen LogP contribution in [0, 0.1) is 0 Å². The van der Waals surface area contributed by atoms with Crippen LogP contribution in [0.5, 0.6) is 0 Å². The van der Waals surface area contributed by atoms with Crippen LogP contribution in [0.25, 0.3) is 11.0 Å². The van der Waals surface area contributed by atoms with E-state index < -0.39 is 5.60 Å². The Bertz CT molecular complexity index is 718. The number of H-pyrrole nitrogens is 1. The third kappa shape index (κ3) is 3.27. The van der Waals surface area contributed by atoms with E-state index in [0.717, 1.165) is 34.8 Å². The Morgan fingerprint density at radius 3 is 3.00 bits per heavy atom. The Morgan fingerprint density at radius 2 is 2.27 bits per heavy atom. The average Bonchev–Trinajstić information content (AvgIpc) is 2.74. The lowest BCUT2D eigenvalue weighted by atomic mass is 9.92. The van der Waals surface area contributed by atoms with Crippen LogP contribution < -0.4 is 5.32 Å². The van der Waals surface area contributed by atoms with Crippen LogP contribution in [-0.2, 0) is 17.6 Å². The fourth-order valence-electron chi connectivity index (χ4n) is 2.86. The normalized spacial score (nSPS) is 18.1. The number of hydrogen-bond acceptors (Lipinski definition) is 3. The molecule has 2 N–H and O–H groups in total. The molecule has 0 radical (unpaired) electrons. The predicted octanol–water partition coefficient (Wildman–Crippen LogP) is 3.71. The third-order valence-electron chi connectivity index (χ3n) is 3.73. The largest absolute Gasteiger partial charge is 0.444 e. The van der Waals surface area contributed by atoms with Gasteiger partial charge in [0.15, 0.2) is 0 Å². The van der Waals surface area contributed by atoms with Gasteiger partial charge in [0, 0.05) is 27.8 Å². The second-order valence-electron chi connectivity index (χ2n) is 6.72. The highest BCUT2D eigenvalue weighted by Crippen LogP contribution is 2.30. The molecule has 0 aromatic carbocycles. The molecule has 1 atom stereocenters. The molecule has 118 valence electrons. The second-order valence-corrected chi connectivity index (χ2v) is 7.63. The van der Waals surface area contributed by atoms with Gasteiger partial charge < -0.3 is 15.0 Å². The molecule has 6 heteroatoms. The number of carbonyl (C=O) groups is 1. The quantitative estimate of drug-likeness (QED) is 0.809. The van der Waals surface area contributed by atoms with Crippen molar-refractivity contribution in [2.24, 2.45) is 0 Å². The predicted molar refractivity (Wildman–Crippen MR) is 89.0 cm³/mol. The van der Waals surface area contributed by atoms with Crippen LogP contribution in [-0.4, -0.2) is 27.7 Å². The van der Waals surface area contributed by atoms with Crippen LogP contribution in [0.4, 0.5) is 4.79 Å². The van der Waals surface area contributed by atoms with Gasteiger partial charge in [0.1, 0.15) is 11.2 Å². The number of fused-ring (bicyclic) bond motifs is 3. The lowest BCUT2D eigenvalue weighted by Gasteiger charge is -2.26. The van der Waals surface area contributed by atoms with Crippen molar-refractivity contribution in [3.05, 3.63) is 28.0 Å². The molecule has 0 bridgehead atoms. The topological polar surface area (TPSA) is 67.0 Å². The van der Waals surface area contributed by atoms with Crippen molar-refractivity contribution in [2.45, 2.75) is 51.7 Å². The summed E-state index contributed by atoms with van der Waals surface area (Å²) in [6.45, 7) is 5.61. The van der Waals surface area contributed by atoms with Crippen LogP contribution in [0.15, 0.2) is 16.7 Å². The van der Waals surface area contributed by atoms with Gasteiger partial charge in [0.25, 0.3) is 0 Å². The first-order valence-electron chi connectivity index (χ1n) is 7.46. The molecule has 2 aromatic heterocycles. The van der Waals surface area contributed by atoms with Crippen molar-refractivity contribution in [2.75, 3.05) is 0 Å². The number of ether oxygens (including phenoxy) is 1. The van der Waals surface area contributed by atoms with E-state index >= 15 is 0 Å². The fourth-order valence-corrected chi connectivity index (χ4v) is 3.19. The monoisotopic (exact) mass is 365 g/mol. The Hall–Kier alpha value is -1.56. The average molecular weight is 366 g/mol. The molecule has 0 spiro atoms. The number of nitrogens with one attached hydrogen (secondary N) is 2. The molecule has 22 heavy (non-hydrogen) atoms. The van der Waals surface area contributed by atoms with E-state index in [0.29, 0.717) is 0 Å². The summed E-state index contributed by atoms with van der Waals surface area (Å²) >= 11 is 3.47. The molecular weight excluding hydrogens is 346 g/mol. The summed E-state index contributed by atoms with van der Waals surface area (Å²) in [5, 5.41) is 4.10. The van der Waals surface area contributed by atoms with Gasteiger partial charge in [-0.25, -0.2) is 9.78 Å². The van der Waals surface area contributed by atoms with Crippen molar-refractivity contribution in [1.82, 2.24) is 15.3 Å². The standard InChI is InChI=1S/C16H20BrN3O2/c1-16(2,3)22-15(21)19-10-4-5-13-11(7-10)12-6-9(17)8-18-14(12)20-13/h6,8,10H,4-5,7H2,1-3H3,(H,18,20)(H,19,21). The highest BCUT2D eigenvalue weighted by Gasteiger charge is 2.26. The SMILES string of the molecule is CC(C)(C)OC(=O)NC1CCc2[nH]c3ncc(Br)cc3c2C1. The Kier molecular flexibility index (Phi) is 3.89. The molecule has 1 amide bonds. The Morgan fingerprint density at radius 1 is 1.50 bits per heavy atom. The number of alkyl carbamates (subject to hydrolysis) is 1. The minimum Gasteiger partial charge on any atom is -0.444 e. The minimum atomic E-state index is -0.473. The number of pyridine rings is 1. The first-order valence-corrected chi connectivity index (χ1v) is 8.25. The van der Waals surface area contributed by atoms with Gasteiger partial charge in [-0.2, -0.15) is 0 Å². The van der Waals surface area contributed by atoms with E-state index in [4.69, 9.17) is 4.74 Å². The minimum absolute atomic E-state index is 0.0975. The zero-order valence-electron chi connectivity index (χ0n) is 13.0. The number of carbonyl (C=O) groups excluding carboxylic acids is 1. The molecule has 0 fully saturated rings. The van der Waals surface area contributed by atoms with Gasteiger partial charge in [-0.05, 0) is 67.6 Å². The van der Waals surface area contributed by atoms with E-state index in [1.165, 1.54) is 11.3 Å². The van der Waals surface area contributed by atoms with Gasteiger partial charge >= 0.3 is 6.09 Å². The number of aromatic nitrogens is 2. The first-order chi connectivity index (χ1) is 10.3. The number of nitrogens with zero attached hydrogens (tertiary/aromatic N) is 1. The van der Waals surface area contributed by atoms with Gasteiger partial charge in [0.05, 0.1) is 0 Å². The van der Waals surface area contributed by atoms with Crippen molar-refractivity contribution in [3.8, 4) is 0 Å². The molecule has 0 saturated carbocycles. The summed E-state index contributed by atoms with van der Waals surface area (Å²) in [5.74, 6) is 0. The van der Waals surface area contributed by atoms with E-state index in [1.807, 2.05) is 20.8 Å². The molecule has 0 aliphatic heterocycles. The summed E-state index contributed by atoms with van der Waals surface area (Å²) in [7, 11) is 0. The molecule has 0 saturated heterocycles. The number of rotatable bonds is 1. The molecule has 1 aliphatic carbocycles. The van der Waals surface area contributed by atoms with Crippen LogP contribution in [0.3, 0.4) is 0 Å². The molecule has 1 aliphatic rings. The van der Waals surface area contributed by atoms with E-state index in [1.54, 1.807) is 6.20 Å². The van der Waals surface area contributed by atoms with Gasteiger partial charge in [-0.15, -0.1) is 0 Å². The zero-order chi connectivity index (χ0) is 15.9. The lowest BCUT2D eigenvalue weighted by Crippen LogP contribution is -2.41. The summed E-state index contributed by atoms with van der Waals surface area (Å²) < 4.78 is 6.30. The van der Waals surface area contributed by atoms with Crippen molar-refractivity contribution in [3.63, 3.8) is 0 Å². The molecule has 2 aromatic rings. The van der Waals surface area contributed by atoms with Gasteiger partial charge in [0.2, 0.25) is 0 Å². The Labute approximate surface area is 138 Å². The maximum absolute atomic E-state index is 11.9. The molecule has 2 heterocycles. The van der Waals surface area contributed by atoms with Crippen LogP contribution in [0.1, 0.15) is 38.4 Å². The van der Waals surface area contributed by atoms with E-state index in [-0.39, 0.29) is 12.1 Å². The lowest BCUT2D eigenvalue weighted by molar-refractivity contribution is 0.0500. The van der Waals surface area contributed by atoms with Crippen molar-refractivity contribution in [1.29, 1.82) is 0 Å². The highest BCUT2D eigenvalue weighted by molar-refractivity contribution is 9.10. The maximum Gasteiger partial charge on any atom is 0.407 e. The van der Waals surface area contributed by atoms with Crippen LogP contribution >= 0.6 is 15.9 Å². The fraction of sp³-hybridized carbons (Fsp3) is 0.500. The summed E-state index contributed by atoms with van der Waals surface area (Å²) in [4.78, 5) is 19.7. The van der Waals surface area contributed by atoms with E-state index in [2.05, 4.69) is 37.3 Å². The summed E-state index contributed by atoms with van der Waals surface area (Å²) in [6, 6.07) is 2.17. The number of aryl methyl sites for hydroxylation is 1. The number of amides is 1. The maximum atomic E-state index is 11.9. The first kappa shape index (κ1) is 15.3. The molecule has 3 rings (SSSR count). The third-order valence-corrected chi connectivity index (χ3v) is 4.16. The molecular formula is C16H20BrN3O2. The second kappa shape index (κ2) is 5.57. The van der Waals surface area contributed by atoms with Gasteiger partial charge in [-0.1, -0.05) is 0 Å². The number of halogens is 1. The number of aromatic amines is 1. The molecule has 1 unspecified atom stereocenters. The summed E-state index contributed by atoms with van der Waals surface area (Å²) in [5.41, 5.74) is 2.91. The number of hydrogen-bond donors (Lipinski definition) is 2.